The quantitative estimate of drug-likeness (QED) is 0.612. The molecule has 0 aromatic carbocycles. The molecule has 0 amide bonds. The number of ether oxygens (including phenoxy) is 1. The predicted octanol–water partition coefficient (Wildman–Crippen LogP) is 3.16. The minimum atomic E-state index is -0.105. The fraction of sp³-hybridized carbons (Fsp3) is 0.900. The van der Waals surface area contributed by atoms with Gasteiger partial charge in [-0.05, 0) is 6.42 Å². The van der Waals surface area contributed by atoms with Crippen molar-refractivity contribution in [3.05, 3.63) is 0 Å². The van der Waals surface area contributed by atoms with Crippen LogP contribution in [-0.2, 0) is 9.53 Å². The lowest BCUT2D eigenvalue weighted by atomic mass is 10.3. The molecule has 12 heavy (non-hydrogen) atoms. The van der Waals surface area contributed by atoms with Crippen molar-refractivity contribution >= 4 is 5.97 Å². The van der Waals surface area contributed by atoms with E-state index in [1.165, 1.54) is 20.0 Å². The molecule has 0 aromatic rings. The zero-order chi connectivity index (χ0) is 9.82. The Morgan fingerprint density at radius 1 is 1.08 bits per heavy atom. The van der Waals surface area contributed by atoms with Crippen molar-refractivity contribution in [3.8, 4) is 0 Å². The Morgan fingerprint density at radius 3 is 1.83 bits per heavy atom. The van der Waals surface area contributed by atoms with Crippen LogP contribution in [0.25, 0.3) is 0 Å². The van der Waals surface area contributed by atoms with Gasteiger partial charge in [-0.25, -0.2) is 0 Å². The first-order valence-corrected chi connectivity index (χ1v) is 4.79. The van der Waals surface area contributed by atoms with E-state index in [-0.39, 0.29) is 5.97 Å². The van der Waals surface area contributed by atoms with Crippen molar-refractivity contribution < 1.29 is 9.53 Å². The van der Waals surface area contributed by atoms with Gasteiger partial charge in [-0.3, -0.25) is 4.79 Å². The van der Waals surface area contributed by atoms with Gasteiger partial charge in [0, 0.05) is 6.42 Å². The Balaban J connectivity index is 0. The van der Waals surface area contributed by atoms with Gasteiger partial charge in [-0.15, -0.1) is 0 Å². The highest BCUT2D eigenvalue weighted by Gasteiger charge is 1.95. The summed E-state index contributed by atoms with van der Waals surface area (Å²) >= 11 is 0. The summed E-state index contributed by atoms with van der Waals surface area (Å²) < 4.78 is 4.41. The zero-order valence-corrected chi connectivity index (χ0v) is 8.85. The van der Waals surface area contributed by atoms with Crippen LogP contribution in [0, 0.1) is 0 Å². The van der Waals surface area contributed by atoms with Gasteiger partial charge in [0.1, 0.15) is 0 Å². The second-order valence-electron chi connectivity index (χ2n) is 2.68. The number of carbonyl (C=O) groups excluding carboxylic acids is 1. The van der Waals surface area contributed by atoms with Crippen LogP contribution in [0.2, 0.25) is 0 Å². The molecule has 2 heteroatoms. The summed E-state index contributed by atoms with van der Waals surface area (Å²) in [4.78, 5) is 10.3. The maximum absolute atomic E-state index is 10.3. The number of rotatable bonds is 4. The molecule has 0 aliphatic heterocycles. The summed E-state index contributed by atoms with van der Waals surface area (Å²) in [6, 6.07) is 0. The average molecular weight is 174 g/mol. The Kier molecular flexibility index (Phi) is 15.3. The van der Waals surface area contributed by atoms with Crippen LogP contribution in [0.5, 0.6) is 0 Å². The van der Waals surface area contributed by atoms with Gasteiger partial charge in [0.25, 0.3) is 0 Å². The smallest absolute Gasteiger partial charge is 0.305 e. The number of unbranched alkanes of at least 4 members (excludes halogenated alkanes) is 2. The van der Waals surface area contributed by atoms with E-state index >= 15 is 0 Å². The number of carbonyl (C=O) groups is 1. The minimum absolute atomic E-state index is 0.105. The van der Waals surface area contributed by atoms with E-state index in [1.54, 1.807) is 0 Å². The molecule has 0 rings (SSSR count). The lowest BCUT2D eigenvalue weighted by Crippen LogP contribution is -1.98. The third-order valence-corrected chi connectivity index (χ3v) is 1.46. The van der Waals surface area contributed by atoms with Crippen LogP contribution >= 0.6 is 0 Å². The van der Waals surface area contributed by atoms with E-state index in [0.29, 0.717) is 6.42 Å². The molecule has 0 saturated heterocycles. The van der Waals surface area contributed by atoms with Gasteiger partial charge in [0.05, 0.1) is 7.11 Å². The van der Waals surface area contributed by atoms with Crippen LogP contribution in [0.4, 0.5) is 0 Å². The van der Waals surface area contributed by atoms with Gasteiger partial charge in [-0.2, -0.15) is 0 Å². The normalized spacial score (nSPS) is 8.33. The molecule has 0 fully saturated rings. The van der Waals surface area contributed by atoms with Crippen LogP contribution in [0.3, 0.4) is 0 Å². The van der Waals surface area contributed by atoms with Crippen molar-refractivity contribution in [2.75, 3.05) is 7.11 Å². The summed E-state index contributed by atoms with van der Waals surface area (Å²) in [7, 11) is 1.41. The maximum Gasteiger partial charge on any atom is 0.305 e. The summed E-state index contributed by atoms with van der Waals surface area (Å²) in [6.07, 6.45) is 5.19. The molecular formula is C10H22O2. The molecule has 2 nitrogen and oxygen atoms in total. The maximum atomic E-state index is 10.3. The monoisotopic (exact) mass is 174 g/mol. The largest absolute Gasteiger partial charge is 0.469 e. The molecule has 0 unspecified atom stereocenters. The Hall–Kier alpha value is -0.530. The van der Waals surface area contributed by atoms with Crippen molar-refractivity contribution in [1.29, 1.82) is 0 Å². The number of methoxy groups -OCH3 is 1. The molecule has 74 valence electrons. The molecule has 0 saturated carbocycles. The van der Waals surface area contributed by atoms with Gasteiger partial charge >= 0.3 is 5.97 Å². The number of esters is 1. The lowest BCUT2D eigenvalue weighted by molar-refractivity contribution is -0.140. The third-order valence-electron chi connectivity index (χ3n) is 1.46. The zero-order valence-electron chi connectivity index (χ0n) is 8.85. The molecule has 0 atom stereocenters. The highest BCUT2D eigenvalue weighted by molar-refractivity contribution is 5.68. The Morgan fingerprint density at radius 2 is 1.58 bits per heavy atom. The fourth-order valence-corrected chi connectivity index (χ4v) is 0.423. The highest BCUT2D eigenvalue weighted by atomic mass is 16.5. The van der Waals surface area contributed by atoms with E-state index in [9.17, 15) is 4.79 Å². The first-order valence-electron chi connectivity index (χ1n) is 4.79. The standard InChI is InChI=1S/C6H12O2.C4H10/c1-3-4-5-6(7)8-2;1-3-4-2/h3-5H2,1-2H3;3-4H2,1-2H3. The molecule has 0 bridgehead atoms. The predicted molar refractivity (Wildman–Crippen MR) is 52.1 cm³/mol. The topological polar surface area (TPSA) is 26.3 Å². The van der Waals surface area contributed by atoms with Gasteiger partial charge in [0.15, 0.2) is 0 Å². The Bertz CT molecular complexity index is 87.8. The molecule has 0 aliphatic rings. The summed E-state index contributed by atoms with van der Waals surface area (Å²) in [5.74, 6) is -0.105. The van der Waals surface area contributed by atoms with E-state index < -0.39 is 0 Å². The van der Waals surface area contributed by atoms with E-state index in [4.69, 9.17) is 0 Å². The molecule has 0 heterocycles. The average Bonchev–Trinajstić information content (AvgIpc) is 2.14. The first-order chi connectivity index (χ1) is 5.72. The van der Waals surface area contributed by atoms with Crippen molar-refractivity contribution in [2.24, 2.45) is 0 Å². The summed E-state index contributed by atoms with van der Waals surface area (Å²) in [6.45, 7) is 6.41. The van der Waals surface area contributed by atoms with Gasteiger partial charge < -0.3 is 4.74 Å². The third kappa shape index (κ3) is 16.2. The highest BCUT2D eigenvalue weighted by Crippen LogP contribution is 1.94. The van der Waals surface area contributed by atoms with Crippen molar-refractivity contribution in [2.45, 2.75) is 52.9 Å². The second-order valence-corrected chi connectivity index (χ2v) is 2.68. The summed E-state index contributed by atoms with van der Waals surface area (Å²) in [5.41, 5.74) is 0. The molecular weight excluding hydrogens is 152 g/mol. The number of hydrogen-bond donors (Lipinski definition) is 0. The molecule has 0 aliphatic carbocycles. The molecule has 0 spiro atoms. The molecule has 0 radical (unpaired) electrons. The summed E-state index contributed by atoms with van der Waals surface area (Å²) in [5, 5.41) is 0. The minimum Gasteiger partial charge on any atom is -0.469 e. The molecule has 0 aromatic heterocycles. The SMILES string of the molecule is CCCC.CCCCC(=O)OC. The first kappa shape index (κ1) is 14.0. The van der Waals surface area contributed by atoms with Crippen LogP contribution in [0.1, 0.15) is 52.9 Å². The molecule has 0 N–H and O–H groups in total. The van der Waals surface area contributed by atoms with E-state index in [0.717, 1.165) is 12.8 Å². The van der Waals surface area contributed by atoms with Crippen molar-refractivity contribution in [3.63, 3.8) is 0 Å². The fourth-order valence-electron chi connectivity index (χ4n) is 0.423. The van der Waals surface area contributed by atoms with Crippen LogP contribution < -0.4 is 0 Å². The van der Waals surface area contributed by atoms with Gasteiger partial charge in [0.2, 0.25) is 0 Å². The second kappa shape index (κ2) is 13.1. The number of hydrogen-bond acceptors (Lipinski definition) is 2. The van der Waals surface area contributed by atoms with Crippen LogP contribution in [0.15, 0.2) is 0 Å². The van der Waals surface area contributed by atoms with E-state index in [2.05, 4.69) is 18.6 Å². The Labute approximate surface area is 76.3 Å². The van der Waals surface area contributed by atoms with Crippen LogP contribution in [-0.4, -0.2) is 13.1 Å². The van der Waals surface area contributed by atoms with Gasteiger partial charge in [-0.1, -0.05) is 40.0 Å². The van der Waals surface area contributed by atoms with Crippen molar-refractivity contribution in [1.82, 2.24) is 0 Å². The van der Waals surface area contributed by atoms with E-state index in [1.807, 2.05) is 6.92 Å². The lowest BCUT2D eigenvalue weighted by Gasteiger charge is -1.93.